The molecule has 0 radical (unpaired) electrons. The van der Waals surface area contributed by atoms with E-state index < -0.39 is 94.8 Å². The lowest BCUT2D eigenvalue weighted by Crippen LogP contribution is -2.74. The molecule has 1 heterocycles. The first kappa shape index (κ1) is 34.2. The predicted molar refractivity (Wildman–Crippen MR) is 86.5 cm³/mol. The molecule has 1 atom stereocenters. The average molecular weight is 625 g/mol. The van der Waals surface area contributed by atoms with Crippen LogP contribution < -0.4 is 0 Å². The molecule has 1 aliphatic rings. The van der Waals surface area contributed by atoms with Crippen molar-refractivity contribution in [2.45, 2.75) is 72.9 Å². The van der Waals surface area contributed by atoms with Crippen molar-refractivity contribution in [1.29, 1.82) is 0 Å². The van der Waals surface area contributed by atoms with E-state index in [0.717, 1.165) is 0 Å². The van der Waals surface area contributed by atoms with Crippen LogP contribution >= 0.6 is 0 Å². The summed E-state index contributed by atoms with van der Waals surface area (Å²) in [7, 11) is -5.40. The molecule has 0 aromatic heterocycles. The Labute approximate surface area is 199 Å². The van der Waals surface area contributed by atoms with E-state index in [1.165, 1.54) is 0 Å². The number of hydrogen-bond acceptors (Lipinski definition) is 3. The summed E-state index contributed by atoms with van der Waals surface area (Å²) < 4.78 is 249. The number of carbonyl (C=O) groups is 1. The number of sulfonamides is 1. The van der Waals surface area contributed by atoms with Crippen LogP contribution in [0.5, 0.6) is 0 Å². The maximum atomic E-state index is 13.9. The summed E-state index contributed by atoms with van der Waals surface area (Å²) in [6.07, 6.45) is -11.8. The van der Waals surface area contributed by atoms with Crippen LogP contribution in [0.4, 0.5) is 74.6 Å². The molecule has 38 heavy (non-hydrogen) atoms. The molecule has 1 saturated heterocycles. The Morgan fingerprint density at radius 3 is 1.42 bits per heavy atom. The van der Waals surface area contributed by atoms with Crippen LogP contribution in [0.15, 0.2) is 0 Å². The lowest BCUT2D eigenvalue weighted by Gasteiger charge is -2.42. The second kappa shape index (κ2) is 9.39. The highest BCUT2D eigenvalue weighted by molar-refractivity contribution is 7.89. The fourth-order valence-electron chi connectivity index (χ4n) is 3.05. The van der Waals surface area contributed by atoms with Crippen LogP contribution in [0.25, 0.3) is 0 Å². The highest BCUT2D eigenvalue weighted by atomic mass is 32.2. The molecule has 0 aromatic rings. The SMILES string of the molecule is O=C(O)[C@@H]1CCCN1S(=O)(=O)CCC(F)(F)C(F)(F)C(F)(F)C(F)(F)C(F)(F)C(F)(F)C(F)(F)C(F)(F)F. The van der Waals surface area contributed by atoms with E-state index in [-0.39, 0.29) is 10.7 Å². The Bertz CT molecular complexity index is 1010. The summed E-state index contributed by atoms with van der Waals surface area (Å²) in [4.78, 5) is 11.0. The van der Waals surface area contributed by atoms with Crippen molar-refractivity contribution < 1.29 is 93.0 Å². The number of rotatable bonds is 11. The van der Waals surface area contributed by atoms with Crippen LogP contribution in [0.1, 0.15) is 19.3 Å². The molecule has 5 nitrogen and oxygen atoms in total. The second-order valence-corrected chi connectivity index (χ2v) is 9.86. The van der Waals surface area contributed by atoms with Gasteiger partial charge < -0.3 is 5.11 Å². The fraction of sp³-hybridized carbons (Fsp3) is 0.933. The average Bonchev–Trinajstić information content (AvgIpc) is 3.22. The normalized spacial score (nSPS) is 20.2. The third kappa shape index (κ3) is 4.84. The Hall–Kier alpha value is -1.81. The number of hydrogen-bond donors (Lipinski definition) is 1. The van der Waals surface area contributed by atoms with Crippen LogP contribution in [0, 0.1) is 0 Å². The van der Waals surface area contributed by atoms with E-state index in [0.29, 0.717) is 0 Å². The maximum Gasteiger partial charge on any atom is 0.460 e. The van der Waals surface area contributed by atoms with Gasteiger partial charge in [0.25, 0.3) is 0 Å². The minimum absolute atomic E-state index is 0.0930. The van der Waals surface area contributed by atoms with E-state index in [1.807, 2.05) is 0 Å². The monoisotopic (exact) mass is 625 g/mol. The van der Waals surface area contributed by atoms with Crippen LogP contribution in [-0.2, 0) is 14.8 Å². The van der Waals surface area contributed by atoms with Gasteiger partial charge in [-0.25, -0.2) is 8.42 Å². The standard InChI is InChI=1S/C15H12F17NO4S/c16-8(17,3-5-38(36,37)33-4-1-2-6(33)7(34)35)9(18,19)10(20,21)11(22,23)12(24,25)13(26,27)14(28,29)15(30,31)32/h6H,1-5H2,(H,34,35)/t6-/m0/s1. The Kier molecular flexibility index (Phi) is 8.45. The first-order valence-electron chi connectivity index (χ1n) is 9.32. The molecule has 0 aromatic carbocycles. The first-order valence-corrected chi connectivity index (χ1v) is 10.9. The van der Waals surface area contributed by atoms with Gasteiger partial charge in [0.1, 0.15) is 6.04 Å². The molecule has 0 saturated carbocycles. The zero-order chi connectivity index (χ0) is 30.8. The van der Waals surface area contributed by atoms with Gasteiger partial charge in [0, 0.05) is 13.0 Å². The van der Waals surface area contributed by atoms with Gasteiger partial charge in [0.2, 0.25) is 10.0 Å². The number of aliphatic carboxylic acids is 1. The quantitative estimate of drug-likeness (QED) is 0.318. The van der Waals surface area contributed by atoms with Gasteiger partial charge >= 0.3 is 53.6 Å². The second-order valence-electron chi connectivity index (χ2n) is 7.82. The molecular weight excluding hydrogens is 613 g/mol. The third-order valence-corrected chi connectivity index (χ3v) is 7.18. The van der Waals surface area contributed by atoms with Crippen LogP contribution in [0.2, 0.25) is 0 Å². The molecule has 0 amide bonds. The molecule has 0 bridgehead atoms. The van der Waals surface area contributed by atoms with E-state index >= 15 is 0 Å². The minimum Gasteiger partial charge on any atom is -0.480 e. The van der Waals surface area contributed by atoms with Crippen molar-refractivity contribution in [3.8, 4) is 0 Å². The molecule has 226 valence electrons. The molecule has 1 rings (SSSR count). The number of halogens is 17. The minimum atomic E-state index is -8.78. The Balaban J connectivity index is 3.44. The van der Waals surface area contributed by atoms with Gasteiger partial charge in [0.15, 0.2) is 0 Å². The number of alkyl halides is 17. The van der Waals surface area contributed by atoms with Crippen LogP contribution in [0.3, 0.4) is 0 Å². The fourth-order valence-corrected chi connectivity index (χ4v) is 4.79. The molecule has 0 spiro atoms. The van der Waals surface area contributed by atoms with E-state index in [1.54, 1.807) is 0 Å². The highest BCUT2D eigenvalue weighted by Gasteiger charge is 2.95. The predicted octanol–water partition coefficient (Wildman–Crippen LogP) is 5.26. The smallest absolute Gasteiger partial charge is 0.460 e. The molecule has 1 fully saturated rings. The van der Waals surface area contributed by atoms with Gasteiger partial charge in [-0.1, -0.05) is 0 Å². The summed E-state index contributed by atoms with van der Waals surface area (Å²) in [6.45, 7) is -0.746. The Morgan fingerprint density at radius 1 is 0.684 bits per heavy atom. The number of carboxylic acid groups (broad SMARTS) is 1. The van der Waals surface area contributed by atoms with Crippen molar-refractivity contribution in [3.05, 3.63) is 0 Å². The van der Waals surface area contributed by atoms with E-state index in [9.17, 15) is 87.8 Å². The zero-order valence-corrected chi connectivity index (χ0v) is 18.4. The summed E-state index contributed by atoms with van der Waals surface area (Å²) in [5, 5.41) is 8.84. The summed E-state index contributed by atoms with van der Waals surface area (Å²) in [5.74, 6) is -62.2. The summed E-state index contributed by atoms with van der Waals surface area (Å²) in [6, 6.07) is -1.98. The molecule has 1 N–H and O–H groups in total. The largest absolute Gasteiger partial charge is 0.480 e. The number of nitrogens with zero attached hydrogens (tertiary/aromatic N) is 1. The number of carboxylic acids is 1. The molecular formula is C15H12F17NO4S. The van der Waals surface area contributed by atoms with Gasteiger partial charge in [-0.15, -0.1) is 0 Å². The lowest BCUT2D eigenvalue weighted by molar-refractivity contribution is -0.461. The van der Waals surface area contributed by atoms with Crippen molar-refractivity contribution in [1.82, 2.24) is 4.31 Å². The summed E-state index contributed by atoms with van der Waals surface area (Å²) in [5.41, 5.74) is 0. The zero-order valence-electron chi connectivity index (χ0n) is 17.6. The lowest BCUT2D eigenvalue weighted by atomic mass is 9.88. The molecule has 0 unspecified atom stereocenters. The first-order chi connectivity index (χ1) is 16.4. The van der Waals surface area contributed by atoms with Crippen molar-refractivity contribution >= 4 is 16.0 Å². The highest BCUT2D eigenvalue weighted by Crippen LogP contribution is 2.64. The van der Waals surface area contributed by atoms with Crippen molar-refractivity contribution in [3.63, 3.8) is 0 Å². The molecule has 0 aliphatic carbocycles. The molecule has 1 aliphatic heterocycles. The maximum absolute atomic E-state index is 13.9. The van der Waals surface area contributed by atoms with Crippen molar-refractivity contribution in [2.24, 2.45) is 0 Å². The summed E-state index contributed by atoms with van der Waals surface area (Å²) >= 11 is 0. The topological polar surface area (TPSA) is 74.7 Å². The van der Waals surface area contributed by atoms with Gasteiger partial charge in [-0.05, 0) is 12.8 Å². The van der Waals surface area contributed by atoms with Crippen LogP contribution in [-0.4, -0.2) is 89.8 Å². The van der Waals surface area contributed by atoms with E-state index in [2.05, 4.69) is 0 Å². The van der Waals surface area contributed by atoms with Gasteiger partial charge in [0.05, 0.1) is 5.75 Å². The Morgan fingerprint density at radius 2 is 1.05 bits per heavy atom. The van der Waals surface area contributed by atoms with Crippen molar-refractivity contribution in [2.75, 3.05) is 12.3 Å². The van der Waals surface area contributed by atoms with E-state index in [4.69, 9.17) is 5.11 Å². The van der Waals surface area contributed by atoms with Gasteiger partial charge in [-0.2, -0.15) is 78.9 Å². The molecule has 23 heteroatoms. The third-order valence-electron chi connectivity index (χ3n) is 5.31. The van der Waals surface area contributed by atoms with Gasteiger partial charge in [-0.3, -0.25) is 4.79 Å².